The van der Waals surface area contributed by atoms with Crippen molar-refractivity contribution < 1.29 is 0 Å². The SMILES string of the molecule is CCNC(C)C(C)N1CCN(C(C)(C)C)CC1. The second-order valence-electron chi connectivity index (χ2n) is 6.28. The standard InChI is InChI=1S/C14H31N3/c1-7-15-12(2)13(3)16-8-10-17(11-9-16)14(4,5)6/h12-13,15H,7-11H2,1-6H3. The van der Waals surface area contributed by atoms with Gasteiger partial charge in [-0.15, -0.1) is 0 Å². The van der Waals surface area contributed by atoms with Crippen LogP contribution in [-0.4, -0.2) is 60.1 Å². The lowest BCUT2D eigenvalue weighted by atomic mass is 10.0. The molecule has 3 heteroatoms. The van der Waals surface area contributed by atoms with Crippen molar-refractivity contribution in [2.75, 3.05) is 32.7 Å². The van der Waals surface area contributed by atoms with Crippen LogP contribution in [-0.2, 0) is 0 Å². The summed E-state index contributed by atoms with van der Waals surface area (Å²) in [5.74, 6) is 0. The quantitative estimate of drug-likeness (QED) is 0.809. The fourth-order valence-corrected chi connectivity index (χ4v) is 2.61. The van der Waals surface area contributed by atoms with Gasteiger partial charge in [-0.05, 0) is 41.2 Å². The molecule has 0 spiro atoms. The van der Waals surface area contributed by atoms with E-state index in [1.54, 1.807) is 0 Å². The van der Waals surface area contributed by atoms with Gasteiger partial charge in [0.2, 0.25) is 0 Å². The smallest absolute Gasteiger partial charge is 0.0219 e. The van der Waals surface area contributed by atoms with Crippen LogP contribution in [0, 0.1) is 0 Å². The van der Waals surface area contributed by atoms with E-state index in [1.807, 2.05) is 0 Å². The van der Waals surface area contributed by atoms with Crippen molar-refractivity contribution in [2.24, 2.45) is 0 Å². The number of hydrogen-bond donors (Lipinski definition) is 1. The molecule has 2 unspecified atom stereocenters. The van der Waals surface area contributed by atoms with Gasteiger partial charge in [-0.25, -0.2) is 0 Å². The minimum absolute atomic E-state index is 0.322. The van der Waals surface area contributed by atoms with Gasteiger partial charge in [0.25, 0.3) is 0 Å². The van der Waals surface area contributed by atoms with Gasteiger partial charge in [-0.1, -0.05) is 6.92 Å². The summed E-state index contributed by atoms with van der Waals surface area (Å²) in [6.45, 7) is 19.6. The highest BCUT2D eigenvalue weighted by molar-refractivity contribution is 4.86. The molecule has 0 aromatic heterocycles. The molecule has 3 nitrogen and oxygen atoms in total. The third-order valence-electron chi connectivity index (χ3n) is 4.09. The van der Waals surface area contributed by atoms with Gasteiger partial charge in [0.1, 0.15) is 0 Å². The van der Waals surface area contributed by atoms with Gasteiger partial charge < -0.3 is 5.32 Å². The van der Waals surface area contributed by atoms with Crippen LogP contribution in [0.2, 0.25) is 0 Å². The van der Waals surface area contributed by atoms with Crippen molar-refractivity contribution in [2.45, 2.75) is 59.2 Å². The molecule has 2 atom stereocenters. The van der Waals surface area contributed by atoms with Crippen LogP contribution in [0.4, 0.5) is 0 Å². The molecule has 1 aliphatic rings. The van der Waals surface area contributed by atoms with Gasteiger partial charge in [-0.2, -0.15) is 0 Å². The molecule has 0 aromatic rings. The summed E-state index contributed by atoms with van der Waals surface area (Å²) < 4.78 is 0. The van der Waals surface area contributed by atoms with E-state index in [-0.39, 0.29) is 0 Å². The number of hydrogen-bond acceptors (Lipinski definition) is 3. The van der Waals surface area contributed by atoms with Crippen LogP contribution in [0.25, 0.3) is 0 Å². The summed E-state index contributed by atoms with van der Waals surface area (Å²) in [5, 5.41) is 3.53. The van der Waals surface area contributed by atoms with E-state index in [4.69, 9.17) is 0 Å². The lowest BCUT2D eigenvalue weighted by Crippen LogP contribution is -2.58. The zero-order valence-electron chi connectivity index (χ0n) is 12.6. The topological polar surface area (TPSA) is 18.5 Å². The predicted octanol–water partition coefficient (Wildman–Crippen LogP) is 1.79. The molecule has 0 amide bonds. The molecule has 1 rings (SSSR count). The highest BCUT2D eigenvalue weighted by atomic mass is 15.3. The summed E-state index contributed by atoms with van der Waals surface area (Å²) in [6.07, 6.45) is 0. The average Bonchev–Trinajstić information content (AvgIpc) is 2.27. The molecule has 1 heterocycles. The van der Waals surface area contributed by atoms with E-state index in [0.717, 1.165) is 6.54 Å². The summed E-state index contributed by atoms with van der Waals surface area (Å²) in [7, 11) is 0. The molecule has 1 fully saturated rings. The van der Waals surface area contributed by atoms with E-state index in [2.05, 4.69) is 56.7 Å². The summed E-state index contributed by atoms with van der Waals surface area (Å²) in [5.41, 5.74) is 0.322. The van der Waals surface area contributed by atoms with Crippen LogP contribution in [0.1, 0.15) is 41.5 Å². The second kappa shape index (κ2) is 6.17. The zero-order chi connectivity index (χ0) is 13.1. The lowest BCUT2D eigenvalue weighted by molar-refractivity contribution is 0.0388. The Balaban J connectivity index is 2.41. The first kappa shape index (κ1) is 14.9. The molecule has 0 aliphatic carbocycles. The van der Waals surface area contributed by atoms with E-state index in [1.165, 1.54) is 26.2 Å². The van der Waals surface area contributed by atoms with Crippen LogP contribution in [0.5, 0.6) is 0 Å². The Hall–Kier alpha value is -0.120. The monoisotopic (exact) mass is 241 g/mol. The molecule has 0 bridgehead atoms. The fourth-order valence-electron chi connectivity index (χ4n) is 2.61. The van der Waals surface area contributed by atoms with Crippen molar-refractivity contribution >= 4 is 0 Å². The van der Waals surface area contributed by atoms with Gasteiger partial charge in [0.15, 0.2) is 0 Å². The summed E-state index contributed by atoms with van der Waals surface area (Å²) in [6, 6.07) is 1.22. The van der Waals surface area contributed by atoms with Gasteiger partial charge in [0.05, 0.1) is 0 Å². The van der Waals surface area contributed by atoms with Crippen molar-refractivity contribution in [1.29, 1.82) is 0 Å². The van der Waals surface area contributed by atoms with Crippen LogP contribution < -0.4 is 5.32 Å². The first-order valence-electron chi connectivity index (χ1n) is 7.08. The minimum Gasteiger partial charge on any atom is -0.313 e. The number of nitrogens with zero attached hydrogens (tertiary/aromatic N) is 2. The number of likely N-dealkylation sites (N-methyl/N-ethyl adjacent to an activating group) is 1. The second-order valence-corrected chi connectivity index (χ2v) is 6.28. The van der Waals surface area contributed by atoms with Crippen molar-refractivity contribution in [3.63, 3.8) is 0 Å². The minimum atomic E-state index is 0.322. The van der Waals surface area contributed by atoms with Gasteiger partial charge in [-0.3, -0.25) is 9.80 Å². The van der Waals surface area contributed by atoms with Crippen molar-refractivity contribution in [3.8, 4) is 0 Å². The number of nitrogens with one attached hydrogen (secondary N) is 1. The molecular weight excluding hydrogens is 210 g/mol. The van der Waals surface area contributed by atoms with E-state index in [9.17, 15) is 0 Å². The molecular formula is C14H31N3. The van der Waals surface area contributed by atoms with E-state index < -0.39 is 0 Å². The maximum Gasteiger partial charge on any atom is 0.0219 e. The highest BCUT2D eigenvalue weighted by Gasteiger charge is 2.28. The largest absolute Gasteiger partial charge is 0.313 e. The van der Waals surface area contributed by atoms with Crippen molar-refractivity contribution in [3.05, 3.63) is 0 Å². The molecule has 0 saturated carbocycles. The Labute approximate surface area is 108 Å². The Morgan fingerprint density at radius 1 is 1.06 bits per heavy atom. The lowest BCUT2D eigenvalue weighted by Gasteiger charge is -2.45. The maximum atomic E-state index is 3.53. The average molecular weight is 241 g/mol. The molecule has 0 radical (unpaired) electrons. The van der Waals surface area contributed by atoms with Crippen LogP contribution >= 0.6 is 0 Å². The van der Waals surface area contributed by atoms with Crippen molar-refractivity contribution in [1.82, 2.24) is 15.1 Å². The maximum absolute atomic E-state index is 3.53. The van der Waals surface area contributed by atoms with Gasteiger partial charge in [0, 0.05) is 43.8 Å². The third kappa shape index (κ3) is 4.23. The van der Waals surface area contributed by atoms with E-state index >= 15 is 0 Å². The molecule has 1 saturated heterocycles. The number of piperazine rings is 1. The molecule has 17 heavy (non-hydrogen) atoms. The normalized spacial score (nSPS) is 23.6. The predicted molar refractivity (Wildman–Crippen MR) is 75.5 cm³/mol. The van der Waals surface area contributed by atoms with Crippen LogP contribution in [0.15, 0.2) is 0 Å². The van der Waals surface area contributed by atoms with Crippen LogP contribution in [0.3, 0.4) is 0 Å². The highest BCUT2D eigenvalue weighted by Crippen LogP contribution is 2.17. The first-order chi connectivity index (χ1) is 7.86. The molecule has 0 aromatic carbocycles. The Kier molecular flexibility index (Phi) is 5.42. The molecule has 1 N–H and O–H groups in total. The van der Waals surface area contributed by atoms with E-state index in [0.29, 0.717) is 17.6 Å². The van der Waals surface area contributed by atoms with Gasteiger partial charge >= 0.3 is 0 Å². The third-order valence-corrected chi connectivity index (χ3v) is 4.09. The molecule has 1 aliphatic heterocycles. The number of rotatable bonds is 4. The Morgan fingerprint density at radius 2 is 1.59 bits per heavy atom. The Bertz CT molecular complexity index is 214. The fraction of sp³-hybridized carbons (Fsp3) is 1.00. The molecule has 102 valence electrons. The Morgan fingerprint density at radius 3 is 2.00 bits per heavy atom. The summed E-state index contributed by atoms with van der Waals surface area (Å²) >= 11 is 0. The first-order valence-corrected chi connectivity index (χ1v) is 7.08. The summed E-state index contributed by atoms with van der Waals surface area (Å²) in [4.78, 5) is 5.21. The zero-order valence-corrected chi connectivity index (χ0v) is 12.6.